The van der Waals surface area contributed by atoms with E-state index >= 15 is 0 Å². The summed E-state index contributed by atoms with van der Waals surface area (Å²) in [5, 5.41) is 14.9. The number of ether oxygens (including phenoxy) is 3. The van der Waals surface area contributed by atoms with Gasteiger partial charge in [-0.05, 0) is 35.2 Å². The van der Waals surface area contributed by atoms with Crippen LogP contribution in [0, 0.1) is 0 Å². The molecule has 164 valence electrons. The Bertz CT molecular complexity index is 882. The van der Waals surface area contributed by atoms with Crippen LogP contribution in [0.4, 0.5) is 0 Å². The Balaban J connectivity index is 1.94. The molecule has 0 bridgehead atoms. The van der Waals surface area contributed by atoms with E-state index in [0.717, 1.165) is 22.4 Å². The Morgan fingerprint density at radius 3 is 1.87 bits per heavy atom. The van der Waals surface area contributed by atoms with E-state index in [4.69, 9.17) is 14.2 Å². The maximum Gasteiger partial charge on any atom is 0.172 e. The molecule has 0 aromatic heterocycles. The number of aliphatic hydroxyl groups excluding tert-OH is 1. The van der Waals surface area contributed by atoms with Crippen LogP contribution in [0.15, 0.2) is 84.9 Å². The molecule has 0 spiro atoms. The van der Waals surface area contributed by atoms with Gasteiger partial charge < -0.3 is 19.3 Å². The highest BCUT2D eigenvalue weighted by Crippen LogP contribution is 2.31. The molecule has 0 aliphatic rings. The molecule has 0 aliphatic heterocycles. The molecule has 0 heterocycles. The van der Waals surface area contributed by atoms with Crippen molar-refractivity contribution in [2.24, 2.45) is 0 Å². The van der Waals surface area contributed by atoms with Gasteiger partial charge in [-0.2, -0.15) is 0 Å². The second kappa shape index (κ2) is 11.6. The van der Waals surface area contributed by atoms with Crippen LogP contribution in [-0.2, 0) is 15.9 Å². The summed E-state index contributed by atoms with van der Waals surface area (Å²) in [6, 6.07) is 27.0. The van der Waals surface area contributed by atoms with Crippen LogP contribution in [0.5, 0.6) is 5.75 Å². The lowest BCUT2D eigenvalue weighted by atomic mass is 9.93. The van der Waals surface area contributed by atoms with Crippen LogP contribution in [0.1, 0.15) is 28.8 Å². The molecule has 0 unspecified atom stereocenters. The van der Waals surface area contributed by atoms with Gasteiger partial charge in [-0.3, -0.25) is 5.32 Å². The van der Waals surface area contributed by atoms with Gasteiger partial charge in [0, 0.05) is 14.2 Å². The zero-order valence-electron chi connectivity index (χ0n) is 18.3. The second-order valence-electron chi connectivity index (χ2n) is 7.41. The molecule has 3 aromatic rings. The molecule has 3 aromatic carbocycles. The van der Waals surface area contributed by atoms with Crippen LogP contribution in [-0.4, -0.2) is 38.8 Å². The Labute approximate surface area is 184 Å². The quantitative estimate of drug-likeness (QED) is 0.452. The van der Waals surface area contributed by atoms with Crippen molar-refractivity contribution in [3.63, 3.8) is 0 Å². The number of hydrogen-bond donors (Lipinski definition) is 2. The van der Waals surface area contributed by atoms with Crippen molar-refractivity contribution in [3.8, 4) is 5.75 Å². The van der Waals surface area contributed by atoms with Gasteiger partial charge in [0.1, 0.15) is 5.75 Å². The fourth-order valence-corrected chi connectivity index (χ4v) is 3.78. The van der Waals surface area contributed by atoms with E-state index in [9.17, 15) is 5.11 Å². The predicted octanol–water partition coefficient (Wildman–Crippen LogP) is 4.29. The van der Waals surface area contributed by atoms with E-state index in [0.29, 0.717) is 6.42 Å². The average molecular weight is 422 g/mol. The third-order valence-corrected chi connectivity index (χ3v) is 5.42. The summed E-state index contributed by atoms with van der Waals surface area (Å²) in [4.78, 5) is 0. The lowest BCUT2D eigenvalue weighted by Crippen LogP contribution is -2.46. The summed E-state index contributed by atoms with van der Waals surface area (Å²) in [7, 11) is 4.90. The minimum absolute atomic E-state index is 0.192. The minimum Gasteiger partial charge on any atom is -0.497 e. The lowest BCUT2D eigenvalue weighted by molar-refractivity contribution is -0.126. The van der Waals surface area contributed by atoms with Crippen molar-refractivity contribution in [2.75, 3.05) is 21.3 Å². The molecule has 0 amide bonds. The molecular weight excluding hydrogens is 390 g/mol. The molecule has 0 saturated carbocycles. The van der Waals surface area contributed by atoms with E-state index in [2.05, 4.69) is 17.4 Å². The maximum atomic E-state index is 11.3. The number of rotatable bonds is 11. The highest BCUT2D eigenvalue weighted by molar-refractivity contribution is 5.32. The first-order valence-electron chi connectivity index (χ1n) is 10.4. The molecule has 31 heavy (non-hydrogen) atoms. The number of methoxy groups -OCH3 is 3. The SMILES string of the molecule is COc1ccc([C@@H](N[C@@H](Cc2ccccc2)C(OC)OC)[C@@H](O)c2ccccc2)cc1. The van der Waals surface area contributed by atoms with Gasteiger partial charge in [-0.15, -0.1) is 0 Å². The summed E-state index contributed by atoms with van der Waals surface area (Å²) < 4.78 is 16.5. The normalized spacial score (nSPS) is 14.2. The molecule has 5 heteroatoms. The first-order chi connectivity index (χ1) is 15.2. The zero-order valence-corrected chi connectivity index (χ0v) is 18.3. The molecule has 0 saturated heterocycles. The fourth-order valence-electron chi connectivity index (χ4n) is 3.78. The summed E-state index contributed by atoms with van der Waals surface area (Å²) >= 11 is 0. The Morgan fingerprint density at radius 2 is 1.32 bits per heavy atom. The van der Waals surface area contributed by atoms with Gasteiger partial charge in [0.05, 0.1) is 25.3 Å². The van der Waals surface area contributed by atoms with Crippen molar-refractivity contribution in [3.05, 3.63) is 102 Å². The second-order valence-corrected chi connectivity index (χ2v) is 7.41. The standard InChI is InChI=1S/C26H31NO4/c1-29-22-16-14-20(15-17-22)24(25(28)21-12-8-5-9-13-21)27-23(26(30-2)31-3)18-19-10-6-4-7-11-19/h4-17,23-28H,18H2,1-3H3/t23-,24+,25-/m0/s1. The molecule has 3 atom stereocenters. The van der Waals surface area contributed by atoms with Crippen LogP contribution in [0.3, 0.4) is 0 Å². The third-order valence-electron chi connectivity index (χ3n) is 5.42. The largest absolute Gasteiger partial charge is 0.497 e. The molecule has 5 nitrogen and oxygen atoms in total. The predicted molar refractivity (Wildman–Crippen MR) is 122 cm³/mol. The van der Waals surface area contributed by atoms with E-state index in [1.54, 1.807) is 21.3 Å². The fraction of sp³-hybridized carbons (Fsp3) is 0.308. The Kier molecular flexibility index (Phi) is 8.62. The molecule has 0 aliphatic carbocycles. The maximum absolute atomic E-state index is 11.3. The van der Waals surface area contributed by atoms with Gasteiger partial charge in [0.2, 0.25) is 0 Å². The highest BCUT2D eigenvalue weighted by Gasteiger charge is 2.30. The van der Waals surface area contributed by atoms with Crippen LogP contribution >= 0.6 is 0 Å². The Morgan fingerprint density at radius 1 is 0.742 bits per heavy atom. The zero-order chi connectivity index (χ0) is 22.1. The van der Waals surface area contributed by atoms with Crippen LogP contribution in [0.25, 0.3) is 0 Å². The van der Waals surface area contributed by atoms with E-state index in [1.165, 1.54) is 0 Å². The summed E-state index contributed by atoms with van der Waals surface area (Å²) in [6.07, 6.45) is -0.562. The van der Waals surface area contributed by atoms with Crippen molar-refractivity contribution >= 4 is 0 Å². The van der Waals surface area contributed by atoms with Gasteiger partial charge in [-0.1, -0.05) is 72.8 Å². The van der Waals surface area contributed by atoms with E-state index in [1.807, 2.05) is 72.8 Å². The smallest absolute Gasteiger partial charge is 0.172 e. The van der Waals surface area contributed by atoms with E-state index < -0.39 is 12.4 Å². The summed E-state index contributed by atoms with van der Waals surface area (Å²) in [5.41, 5.74) is 2.93. The first kappa shape index (κ1) is 23.0. The van der Waals surface area contributed by atoms with Crippen molar-refractivity contribution in [2.45, 2.75) is 30.9 Å². The van der Waals surface area contributed by atoms with Gasteiger partial charge in [0.15, 0.2) is 6.29 Å². The summed E-state index contributed by atoms with van der Waals surface area (Å²) in [5.74, 6) is 0.768. The van der Waals surface area contributed by atoms with Crippen molar-refractivity contribution in [1.82, 2.24) is 5.32 Å². The van der Waals surface area contributed by atoms with Crippen molar-refractivity contribution in [1.29, 1.82) is 0 Å². The first-order valence-corrected chi connectivity index (χ1v) is 10.4. The number of benzene rings is 3. The molecular formula is C26H31NO4. The summed E-state index contributed by atoms with van der Waals surface area (Å²) in [6.45, 7) is 0. The minimum atomic E-state index is -0.762. The lowest BCUT2D eigenvalue weighted by Gasteiger charge is -2.33. The highest BCUT2D eigenvalue weighted by atomic mass is 16.7. The molecule has 0 fully saturated rings. The van der Waals surface area contributed by atoms with Crippen LogP contribution in [0.2, 0.25) is 0 Å². The number of nitrogens with one attached hydrogen (secondary N) is 1. The van der Waals surface area contributed by atoms with E-state index in [-0.39, 0.29) is 12.1 Å². The monoisotopic (exact) mass is 421 g/mol. The molecule has 2 N–H and O–H groups in total. The third kappa shape index (κ3) is 6.15. The number of aliphatic hydroxyl groups is 1. The van der Waals surface area contributed by atoms with Crippen molar-refractivity contribution < 1.29 is 19.3 Å². The number of hydrogen-bond acceptors (Lipinski definition) is 5. The topological polar surface area (TPSA) is 60.0 Å². The molecule has 3 rings (SSSR count). The van der Waals surface area contributed by atoms with Gasteiger partial charge in [0.25, 0.3) is 0 Å². The van der Waals surface area contributed by atoms with Gasteiger partial charge in [-0.25, -0.2) is 0 Å². The van der Waals surface area contributed by atoms with Gasteiger partial charge >= 0.3 is 0 Å². The van der Waals surface area contributed by atoms with Crippen LogP contribution < -0.4 is 10.1 Å². The molecule has 0 radical (unpaired) electrons. The Hall–Kier alpha value is -2.70. The average Bonchev–Trinajstić information content (AvgIpc) is 2.84.